The molecule has 1 spiro atoms. The van der Waals surface area contributed by atoms with E-state index in [0.29, 0.717) is 18.4 Å². The van der Waals surface area contributed by atoms with Gasteiger partial charge in [0.1, 0.15) is 0 Å². The first-order chi connectivity index (χ1) is 10.7. The molecule has 0 aromatic rings. The van der Waals surface area contributed by atoms with E-state index >= 15 is 0 Å². The lowest BCUT2D eigenvalue weighted by Crippen LogP contribution is -2.29. The second kappa shape index (κ2) is 7.43. The minimum absolute atomic E-state index is 0.195. The van der Waals surface area contributed by atoms with E-state index in [4.69, 9.17) is 14.6 Å². The molecular formula is C18H30O4. The predicted octanol–water partition coefficient (Wildman–Crippen LogP) is 2.64. The fourth-order valence-corrected chi connectivity index (χ4v) is 4.61. The smallest absolute Gasteiger partial charge is 0.169 e. The van der Waals surface area contributed by atoms with Gasteiger partial charge in [-0.1, -0.05) is 25.0 Å². The van der Waals surface area contributed by atoms with Crippen LogP contribution in [0.5, 0.6) is 0 Å². The maximum absolute atomic E-state index is 10.3. The van der Waals surface area contributed by atoms with E-state index in [1.54, 1.807) is 0 Å². The summed E-state index contributed by atoms with van der Waals surface area (Å²) in [7, 11) is 0. The fraction of sp³-hybridized carbons (Fsp3) is 0.889. The molecular weight excluding hydrogens is 280 g/mol. The van der Waals surface area contributed by atoms with Gasteiger partial charge in [-0.3, -0.25) is 0 Å². The third kappa shape index (κ3) is 3.56. The lowest BCUT2D eigenvalue weighted by molar-refractivity contribution is -0.157. The summed E-state index contributed by atoms with van der Waals surface area (Å²) in [5.41, 5.74) is 0. The van der Waals surface area contributed by atoms with Gasteiger partial charge in [-0.15, -0.1) is 0 Å². The normalized spacial score (nSPS) is 36.6. The van der Waals surface area contributed by atoms with Gasteiger partial charge in [-0.05, 0) is 37.5 Å². The standard InChI is InChI=1S/C18H30O4/c19-8-6-4-2-1-3-5-7-15-16-13-18(21-9-10-22-18)12-14(16)11-17(15)20/h5,7,14-17,19-20H,1-4,6,8-13H2/b7-5+/t14-,15-,16+,17-/m1/s1. The molecule has 2 N–H and O–H groups in total. The summed E-state index contributed by atoms with van der Waals surface area (Å²) in [5.74, 6) is 1.01. The third-order valence-electron chi connectivity index (χ3n) is 5.66. The molecule has 4 nitrogen and oxygen atoms in total. The summed E-state index contributed by atoms with van der Waals surface area (Å²) in [6, 6.07) is 0. The van der Waals surface area contributed by atoms with E-state index in [9.17, 15) is 5.11 Å². The first-order valence-electron chi connectivity index (χ1n) is 8.98. The molecule has 0 bridgehead atoms. The summed E-state index contributed by atoms with van der Waals surface area (Å²) >= 11 is 0. The Labute approximate surface area is 133 Å². The van der Waals surface area contributed by atoms with Gasteiger partial charge in [-0.2, -0.15) is 0 Å². The lowest BCUT2D eigenvalue weighted by Gasteiger charge is -2.25. The molecule has 2 aliphatic carbocycles. The van der Waals surface area contributed by atoms with E-state index in [0.717, 1.165) is 51.7 Å². The van der Waals surface area contributed by atoms with E-state index in [1.807, 2.05) is 0 Å². The highest BCUT2D eigenvalue weighted by molar-refractivity contribution is 5.08. The van der Waals surface area contributed by atoms with Gasteiger partial charge in [0.2, 0.25) is 0 Å². The molecule has 0 radical (unpaired) electrons. The SMILES string of the molecule is OCCCCCC/C=C/[C@@H]1[C@H]2CC3(C[C@H]2C[C@H]1O)OCCO3. The topological polar surface area (TPSA) is 58.9 Å². The first-order valence-corrected chi connectivity index (χ1v) is 8.98. The van der Waals surface area contributed by atoms with Crippen molar-refractivity contribution in [1.82, 2.24) is 0 Å². The summed E-state index contributed by atoms with van der Waals surface area (Å²) in [5, 5.41) is 19.1. The number of allylic oxidation sites excluding steroid dienone is 1. The molecule has 3 fully saturated rings. The van der Waals surface area contributed by atoms with Crippen LogP contribution in [0.1, 0.15) is 51.4 Å². The maximum atomic E-state index is 10.3. The van der Waals surface area contributed by atoms with Crippen LogP contribution in [0.3, 0.4) is 0 Å². The van der Waals surface area contributed by atoms with E-state index in [2.05, 4.69) is 12.2 Å². The highest BCUT2D eigenvalue weighted by Crippen LogP contribution is 2.54. The largest absolute Gasteiger partial charge is 0.396 e. The van der Waals surface area contributed by atoms with Gasteiger partial charge in [0.25, 0.3) is 0 Å². The molecule has 1 saturated heterocycles. The average molecular weight is 310 g/mol. The van der Waals surface area contributed by atoms with Crippen LogP contribution in [0.25, 0.3) is 0 Å². The van der Waals surface area contributed by atoms with Crippen molar-refractivity contribution in [3.63, 3.8) is 0 Å². The number of unbranched alkanes of at least 4 members (excludes halogenated alkanes) is 4. The second-order valence-electron chi connectivity index (χ2n) is 7.17. The minimum atomic E-state index is -0.328. The monoisotopic (exact) mass is 310 g/mol. The Kier molecular flexibility index (Phi) is 5.55. The van der Waals surface area contributed by atoms with Crippen LogP contribution in [-0.2, 0) is 9.47 Å². The Hall–Kier alpha value is -0.420. The van der Waals surface area contributed by atoms with Crippen molar-refractivity contribution >= 4 is 0 Å². The summed E-state index contributed by atoms with van der Waals surface area (Å²) in [6.45, 7) is 1.74. The predicted molar refractivity (Wildman–Crippen MR) is 84.3 cm³/mol. The van der Waals surface area contributed by atoms with Crippen LogP contribution in [0, 0.1) is 17.8 Å². The molecule has 126 valence electrons. The van der Waals surface area contributed by atoms with Crippen LogP contribution >= 0.6 is 0 Å². The summed E-state index contributed by atoms with van der Waals surface area (Å²) in [6.07, 6.45) is 12.5. The molecule has 2 saturated carbocycles. The van der Waals surface area contributed by atoms with Crippen molar-refractivity contribution in [3.05, 3.63) is 12.2 Å². The maximum Gasteiger partial charge on any atom is 0.169 e. The molecule has 4 atom stereocenters. The van der Waals surface area contributed by atoms with E-state index in [1.165, 1.54) is 12.8 Å². The zero-order valence-electron chi connectivity index (χ0n) is 13.5. The van der Waals surface area contributed by atoms with Gasteiger partial charge in [-0.25, -0.2) is 0 Å². The van der Waals surface area contributed by atoms with Gasteiger partial charge < -0.3 is 19.7 Å². The van der Waals surface area contributed by atoms with Gasteiger partial charge in [0.05, 0.1) is 19.3 Å². The van der Waals surface area contributed by atoms with Gasteiger partial charge in [0, 0.05) is 25.4 Å². The van der Waals surface area contributed by atoms with Crippen LogP contribution in [0.2, 0.25) is 0 Å². The molecule has 1 heterocycles. The average Bonchev–Trinajstić information content (AvgIpc) is 3.16. The molecule has 1 aliphatic heterocycles. The van der Waals surface area contributed by atoms with Crippen molar-refractivity contribution in [2.24, 2.45) is 17.8 Å². The number of fused-ring (bicyclic) bond motifs is 1. The number of aliphatic hydroxyl groups is 2. The molecule has 22 heavy (non-hydrogen) atoms. The van der Waals surface area contributed by atoms with Gasteiger partial charge >= 0.3 is 0 Å². The second-order valence-corrected chi connectivity index (χ2v) is 7.17. The minimum Gasteiger partial charge on any atom is -0.396 e. The van der Waals surface area contributed by atoms with Crippen LogP contribution in [0.15, 0.2) is 12.2 Å². The number of ether oxygens (including phenoxy) is 2. The molecule has 0 aromatic carbocycles. The Morgan fingerprint density at radius 3 is 2.59 bits per heavy atom. The van der Waals surface area contributed by atoms with Crippen LogP contribution < -0.4 is 0 Å². The number of rotatable bonds is 7. The molecule has 0 amide bonds. The molecule has 0 aromatic heterocycles. The summed E-state index contributed by atoms with van der Waals surface area (Å²) < 4.78 is 11.7. The Morgan fingerprint density at radius 2 is 1.82 bits per heavy atom. The Morgan fingerprint density at radius 1 is 1.05 bits per heavy atom. The Bertz CT molecular complexity index is 375. The zero-order valence-corrected chi connectivity index (χ0v) is 13.5. The fourth-order valence-electron chi connectivity index (χ4n) is 4.61. The van der Waals surface area contributed by atoms with E-state index in [-0.39, 0.29) is 17.8 Å². The highest BCUT2D eigenvalue weighted by Gasteiger charge is 2.55. The van der Waals surface area contributed by atoms with Crippen LogP contribution in [0.4, 0.5) is 0 Å². The number of aliphatic hydroxyl groups excluding tert-OH is 2. The van der Waals surface area contributed by atoms with Crippen molar-refractivity contribution in [2.45, 2.75) is 63.3 Å². The van der Waals surface area contributed by atoms with Crippen molar-refractivity contribution < 1.29 is 19.7 Å². The first kappa shape index (κ1) is 16.4. The number of hydrogen-bond acceptors (Lipinski definition) is 4. The highest BCUT2D eigenvalue weighted by atomic mass is 16.7. The zero-order chi connectivity index (χ0) is 15.4. The lowest BCUT2D eigenvalue weighted by atomic mass is 9.90. The summed E-state index contributed by atoms with van der Waals surface area (Å²) in [4.78, 5) is 0. The van der Waals surface area contributed by atoms with Crippen molar-refractivity contribution in [1.29, 1.82) is 0 Å². The quantitative estimate of drug-likeness (QED) is 0.560. The van der Waals surface area contributed by atoms with Crippen molar-refractivity contribution in [2.75, 3.05) is 19.8 Å². The molecule has 4 heteroatoms. The molecule has 3 rings (SSSR count). The molecule has 0 unspecified atom stereocenters. The third-order valence-corrected chi connectivity index (χ3v) is 5.66. The van der Waals surface area contributed by atoms with Crippen molar-refractivity contribution in [3.8, 4) is 0 Å². The van der Waals surface area contributed by atoms with Crippen LogP contribution in [-0.4, -0.2) is 41.9 Å². The molecule has 3 aliphatic rings. The van der Waals surface area contributed by atoms with E-state index < -0.39 is 0 Å². The van der Waals surface area contributed by atoms with Gasteiger partial charge in [0.15, 0.2) is 5.79 Å². The Balaban J connectivity index is 1.46. The number of hydrogen-bond donors (Lipinski definition) is 2.